The van der Waals surface area contributed by atoms with Gasteiger partial charge in [0.15, 0.2) is 0 Å². The Hall–Kier alpha value is -0.790. The molecule has 0 amide bonds. The van der Waals surface area contributed by atoms with Crippen molar-refractivity contribution in [1.82, 2.24) is 0 Å². The molecule has 0 aromatic heterocycles. The third-order valence-electron chi connectivity index (χ3n) is 2.87. The van der Waals surface area contributed by atoms with E-state index in [9.17, 15) is 4.79 Å². The molecule has 0 fully saturated rings. The Bertz CT molecular complexity index is 223. The van der Waals surface area contributed by atoms with Gasteiger partial charge in [-0.3, -0.25) is 4.79 Å². The maximum atomic E-state index is 10.8. The number of carbonyl (C=O) groups is 1. The van der Waals surface area contributed by atoms with Gasteiger partial charge >= 0.3 is 5.97 Å². The zero-order valence-electron chi connectivity index (χ0n) is 8.58. The molecule has 1 aliphatic carbocycles. The van der Waals surface area contributed by atoms with Gasteiger partial charge in [0.2, 0.25) is 0 Å². The Labute approximate surface area is 79.6 Å². The van der Waals surface area contributed by atoms with E-state index in [1.165, 1.54) is 0 Å². The molecule has 0 aromatic carbocycles. The van der Waals surface area contributed by atoms with Crippen molar-refractivity contribution in [3.63, 3.8) is 0 Å². The van der Waals surface area contributed by atoms with Crippen molar-refractivity contribution in [2.45, 2.75) is 33.6 Å². The summed E-state index contributed by atoms with van der Waals surface area (Å²) in [6.45, 7) is 6.53. The van der Waals surface area contributed by atoms with Gasteiger partial charge in [0, 0.05) is 0 Å². The van der Waals surface area contributed by atoms with E-state index in [1.807, 2.05) is 12.2 Å². The number of allylic oxidation sites excluding steroid dienone is 1. The molecule has 0 saturated heterocycles. The molecule has 0 saturated carbocycles. The number of hydrogen-bond acceptors (Lipinski definition) is 1. The van der Waals surface area contributed by atoms with Crippen LogP contribution in [0.1, 0.15) is 33.6 Å². The van der Waals surface area contributed by atoms with Gasteiger partial charge in [-0.25, -0.2) is 0 Å². The summed E-state index contributed by atoms with van der Waals surface area (Å²) < 4.78 is 0. The fraction of sp³-hybridized carbons (Fsp3) is 0.727. The largest absolute Gasteiger partial charge is 0.481 e. The lowest BCUT2D eigenvalue weighted by atomic mass is 9.72. The molecular weight excluding hydrogens is 164 g/mol. The van der Waals surface area contributed by atoms with Crippen molar-refractivity contribution in [3.05, 3.63) is 12.2 Å². The predicted molar refractivity (Wildman–Crippen MR) is 52.4 cm³/mol. The number of aliphatic carboxylic acids is 1. The van der Waals surface area contributed by atoms with Crippen LogP contribution in [-0.2, 0) is 4.79 Å². The highest BCUT2D eigenvalue weighted by Gasteiger charge is 2.30. The van der Waals surface area contributed by atoms with Crippen LogP contribution >= 0.6 is 0 Å². The third kappa shape index (κ3) is 2.58. The standard InChI is InChI=1S/C11H18O2/c1-11(2,3)9-6-4-5-8(7-9)10(12)13/h4-5,8-9H,6-7H2,1-3H3,(H,12,13)/t8-,9+/m1/s1. The van der Waals surface area contributed by atoms with Crippen molar-refractivity contribution in [3.8, 4) is 0 Å². The summed E-state index contributed by atoms with van der Waals surface area (Å²) in [6.07, 6.45) is 5.64. The summed E-state index contributed by atoms with van der Waals surface area (Å²) in [5, 5.41) is 8.87. The highest BCUT2D eigenvalue weighted by Crippen LogP contribution is 2.37. The zero-order chi connectivity index (χ0) is 10.1. The second kappa shape index (κ2) is 3.52. The van der Waals surface area contributed by atoms with E-state index in [4.69, 9.17) is 5.11 Å². The molecule has 0 aliphatic heterocycles. The van der Waals surface area contributed by atoms with Crippen molar-refractivity contribution in [1.29, 1.82) is 0 Å². The van der Waals surface area contributed by atoms with Gasteiger partial charge in [0.05, 0.1) is 5.92 Å². The van der Waals surface area contributed by atoms with E-state index in [-0.39, 0.29) is 11.3 Å². The average Bonchev–Trinajstić information content (AvgIpc) is 2.03. The molecule has 0 bridgehead atoms. The van der Waals surface area contributed by atoms with E-state index in [0.717, 1.165) is 12.8 Å². The van der Waals surface area contributed by atoms with Crippen molar-refractivity contribution in [2.24, 2.45) is 17.3 Å². The van der Waals surface area contributed by atoms with Gasteiger partial charge in [-0.05, 0) is 24.2 Å². The van der Waals surface area contributed by atoms with Gasteiger partial charge in [-0.1, -0.05) is 32.9 Å². The summed E-state index contributed by atoms with van der Waals surface area (Å²) in [7, 11) is 0. The Morgan fingerprint density at radius 1 is 1.46 bits per heavy atom. The van der Waals surface area contributed by atoms with E-state index in [0.29, 0.717) is 5.92 Å². The van der Waals surface area contributed by atoms with Crippen molar-refractivity contribution >= 4 is 5.97 Å². The quantitative estimate of drug-likeness (QED) is 0.633. The first-order chi connectivity index (χ1) is 5.91. The Kier molecular flexibility index (Phi) is 2.79. The summed E-state index contributed by atoms with van der Waals surface area (Å²) in [4.78, 5) is 10.8. The summed E-state index contributed by atoms with van der Waals surface area (Å²) in [6, 6.07) is 0. The maximum Gasteiger partial charge on any atom is 0.310 e. The average molecular weight is 182 g/mol. The Morgan fingerprint density at radius 3 is 2.54 bits per heavy atom. The predicted octanol–water partition coefficient (Wildman–Crippen LogP) is 2.70. The third-order valence-corrected chi connectivity index (χ3v) is 2.87. The van der Waals surface area contributed by atoms with Crippen LogP contribution in [-0.4, -0.2) is 11.1 Å². The van der Waals surface area contributed by atoms with E-state index >= 15 is 0 Å². The normalized spacial score (nSPS) is 28.8. The smallest absolute Gasteiger partial charge is 0.310 e. The van der Waals surface area contributed by atoms with Gasteiger partial charge < -0.3 is 5.11 Å². The van der Waals surface area contributed by atoms with Crippen LogP contribution in [0.25, 0.3) is 0 Å². The molecule has 2 atom stereocenters. The topological polar surface area (TPSA) is 37.3 Å². The van der Waals surface area contributed by atoms with Gasteiger partial charge in [0.1, 0.15) is 0 Å². The second-order valence-corrected chi connectivity index (χ2v) is 4.91. The molecule has 0 aromatic rings. The van der Waals surface area contributed by atoms with Crippen LogP contribution in [0.5, 0.6) is 0 Å². The van der Waals surface area contributed by atoms with Crippen LogP contribution in [0.3, 0.4) is 0 Å². The van der Waals surface area contributed by atoms with E-state index in [1.54, 1.807) is 0 Å². The molecule has 0 unspecified atom stereocenters. The monoisotopic (exact) mass is 182 g/mol. The van der Waals surface area contributed by atoms with Gasteiger partial charge in [0.25, 0.3) is 0 Å². The van der Waals surface area contributed by atoms with Crippen LogP contribution in [0.2, 0.25) is 0 Å². The molecule has 1 rings (SSSR count). The van der Waals surface area contributed by atoms with Crippen LogP contribution in [0.15, 0.2) is 12.2 Å². The fourth-order valence-corrected chi connectivity index (χ4v) is 1.78. The minimum Gasteiger partial charge on any atom is -0.481 e. The summed E-state index contributed by atoms with van der Waals surface area (Å²) in [5.41, 5.74) is 0.221. The first-order valence-corrected chi connectivity index (χ1v) is 4.80. The summed E-state index contributed by atoms with van der Waals surface area (Å²) in [5.74, 6) is -0.457. The lowest BCUT2D eigenvalue weighted by Gasteiger charge is -2.33. The van der Waals surface area contributed by atoms with Crippen LogP contribution in [0, 0.1) is 17.3 Å². The number of carboxylic acid groups (broad SMARTS) is 1. The molecule has 2 heteroatoms. The first kappa shape index (κ1) is 10.3. The molecule has 74 valence electrons. The molecule has 2 nitrogen and oxygen atoms in total. The van der Waals surface area contributed by atoms with E-state index < -0.39 is 5.97 Å². The van der Waals surface area contributed by atoms with Crippen LogP contribution in [0.4, 0.5) is 0 Å². The lowest BCUT2D eigenvalue weighted by molar-refractivity contribution is -0.141. The highest BCUT2D eigenvalue weighted by molar-refractivity contribution is 5.72. The maximum absolute atomic E-state index is 10.8. The molecule has 0 radical (unpaired) electrons. The molecule has 1 N–H and O–H groups in total. The number of hydrogen-bond donors (Lipinski definition) is 1. The minimum atomic E-state index is -0.690. The molecule has 1 aliphatic rings. The molecule has 0 heterocycles. The number of carboxylic acids is 1. The second-order valence-electron chi connectivity index (χ2n) is 4.91. The van der Waals surface area contributed by atoms with E-state index in [2.05, 4.69) is 20.8 Å². The Morgan fingerprint density at radius 2 is 2.08 bits per heavy atom. The minimum absolute atomic E-state index is 0.221. The highest BCUT2D eigenvalue weighted by atomic mass is 16.4. The first-order valence-electron chi connectivity index (χ1n) is 4.80. The van der Waals surface area contributed by atoms with Crippen molar-refractivity contribution < 1.29 is 9.90 Å². The number of rotatable bonds is 1. The SMILES string of the molecule is CC(C)(C)[C@H]1CC=C[C@@H](C(=O)O)C1. The lowest BCUT2D eigenvalue weighted by Crippen LogP contribution is -2.27. The van der Waals surface area contributed by atoms with Crippen molar-refractivity contribution in [2.75, 3.05) is 0 Å². The zero-order valence-corrected chi connectivity index (χ0v) is 8.58. The van der Waals surface area contributed by atoms with Crippen LogP contribution < -0.4 is 0 Å². The van der Waals surface area contributed by atoms with Gasteiger partial charge in [-0.2, -0.15) is 0 Å². The fourth-order valence-electron chi connectivity index (χ4n) is 1.78. The summed E-state index contributed by atoms with van der Waals surface area (Å²) >= 11 is 0. The molecule has 13 heavy (non-hydrogen) atoms. The molecule has 0 spiro atoms. The Balaban J connectivity index is 2.66. The van der Waals surface area contributed by atoms with Gasteiger partial charge in [-0.15, -0.1) is 0 Å². The molecular formula is C11H18O2.